The lowest BCUT2D eigenvalue weighted by Gasteiger charge is -2.00. The van der Waals surface area contributed by atoms with Crippen molar-refractivity contribution in [3.05, 3.63) is 28.2 Å². The Labute approximate surface area is 101 Å². The van der Waals surface area contributed by atoms with Gasteiger partial charge >= 0.3 is 0 Å². The first-order valence-corrected chi connectivity index (χ1v) is 5.70. The highest BCUT2D eigenvalue weighted by Gasteiger charge is 2.13. The molecule has 7 heteroatoms. The summed E-state index contributed by atoms with van der Waals surface area (Å²) in [5, 5.41) is 8.11. The average Bonchev–Trinajstić information content (AvgIpc) is 2.88. The van der Waals surface area contributed by atoms with E-state index in [9.17, 15) is 9.59 Å². The average molecular weight is 250 g/mol. The van der Waals surface area contributed by atoms with Gasteiger partial charge in [0, 0.05) is 18.0 Å². The predicted octanol–water partition coefficient (Wildman–Crippen LogP) is 1.33. The van der Waals surface area contributed by atoms with Crippen LogP contribution in [0.15, 0.2) is 17.8 Å². The van der Waals surface area contributed by atoms with Gasteiger partial charge in [-0.3, -0.25) is 14.9 Å². The van der Waals surface area contributed by atoms with Crippen LogP contribution in [0.4, 0.5) is 5.95 Å². The Balaban J connectivity index is 2.15. The van der Waals surface area contributed by atoms with Gasteiger partial charge in [0.2, 0.25) is 5.95 Å². The van der Waals surface area contributed by atoms with Gasteiger partial charge in [0.15, 0.2) is 5.78 Å². The van der Waals surface area contributed by atoms with Gasteiger partial charge in [0.25, 0.3) is 5.91 Å². The van der Waals surface area contributed by atoms with Gasteiger partial charge < -0.3 is 0 Å². The van der Waals surface area contributed by atoms with Crippen molar-refractivity contribution in [3.63, 3.8) is 0 Å². The van der Waals surface area contributed by atoms with E-state index in [0.29, 0.717) is 16.4 Å². The minimum atomic E-state index is -0.293. The smallest absolute Gasteiger partial charge is 0.268 e. The van der Waals surface area contributed by atoms with Crippen molar-refractivity contribution in [2.45, 2.75) is 6.92 Å². The van der Waals surface area contributed by atoms with Crippen LogP contribution in [0.25, 0.3) is 0 Å². The fourth-order valence-electron chi connectivity index (χ4n) is 1.21. The van der Waals surface area contributed by atoms with Gasteiger partial charge in [0.1, 0.15) is 6.33 Å². The van der Waals surface area contributed by atoms with Crippen LogP contribution in [0.2, 0.25) is 0 Å². The van der Waals surface area contributed by atoms with E-state index < -0.39 is 0 Å². The molecule has 0 saturated carbocycles. The molecular formula is C10H10N4O2S. The number of ketones is 1. The molecule has 2 aromatic rings. The van der Waals surface area contributed by atoms with Crippen LogP contribution in [0.1, 0.15) is 27.0 Å². The molecule has 1 amide bonds. The number of aryl methyl sites for hydroxylation is 1. The Bertz CT molecular complexity index is 572. The second-order valence-corrected chi connectivity index (χ2v) is 4.33. The SMILES string of the molecule is CC(=O)c1csc(C(=O)Nc2ncnn2C)c1. The molecule has 6 nitrogen and oxygen atoms in total. The van der Waals surface area contributed by atoms with E-state index in [2.05, 4.69) is 15.4 Å². The maximum Gasteiger partial charge on any atom is 0.268 e. The Morgan fingerprint density at radius 3 is 2.76 bits per heavy atom. The van der Waals surface area contributed by atoms with E-state index in [1.54, 1.807) is 18.5 Å². The van der Waals surface area contributed by atoms with E-state index in [4.69, 9.17) is 0 Å². The fourth-order valence-corrected chi connectivity index (χ4v) is 2.05. The maximum absolute atomic E-state index is 11.8. The topological polar surface area (TPSA) is 76.9 Å². The van der Waals surface area contributed by atoms with Crippen molar-refractivity contribution in [2.75, 3.05) is 5.32 Å². The Morgan fingerprint density at radius 1 is 1.47 bits per heavy atom. The summed E-state index contributed by atoms with van der Waals surface area (Å²) >= 11 is 1.22. The van der Waals surface area contributed by atoms with Crippen LogP contribution in [0, 0.1) is 0 Å². The number of thiophene rings is 1. The molecular weight excluding hydrogens is 240 g/mol. The molecule has 0 fully saturated rings. The summed E-state index contributed by atoms with van der Waals surface area (Å²) in [4.78, 5) is 27.3. The molecule has 0 aliphatic heterocycles. The number of hydrogen-bond acceptors (Lipinski definition) is 5. The van der Waals surface area contributed by atoms with Crippen LogP contribution in [-0.4, -0.2) is 26.5 Å². The molecule has 2 aromatic heterocycles. The largest absolute Gasteiger partial charge is 0.294 e. The third-order valence-corrected chi connectivity index (χ3v) is 3.10. The third-order valence-electron chi connectivity index (χ3n) is 2.17. The maximum atomic E-state index is 11.8. The quantitative estimate of drug-likeness (QED) is 0.834. The summed E-state index contributed by atoms with van der Waals surface area (Å²) in [5.74, 6) is 0.0188. The number of anilines is 1. The van der Waals surface area contributed by atoms with Crippen LogP contribution < -0.4 is 5.32 Å². The highest BCUT2D eigenvalue weighted by atomic mass is 32.1. The van der Waals surface area contributed by atoms with Crippen molar-refractivity contribution in [1.29, 1.82) is 0 Å². The number of nitrogens with zero attached hydrogens (tertiary/aromatic N) is 3. The molecule has 2 heterocycles. The molecule has 88 valence electrons. The normalized spacial score (nSPS) is 10.2. The zero-order valence-electron chi connectivity index (χ0n) is 9.30. The van der Waals surface area contributed by atoms with E-state index >= 15 is 0 Å². The lowest BCUT2D eigenvalue weighted by atomic mass is 10.2. The Hall–Kier alpha value is -2.02. The van der Waals surface area contributed by atoms with Crippen LogP contribution in [-0.2, 0) is 7.05 Å². The number of carbonyl (C=O) groups is 2. The predicted molar refractivity (Wildman–Crippen MR) is 63.3 cm³/mol. The van der Waals surface area contributed by atoms with Gasteiger partial charge in [-0.25, -0.2) is 4.68 Å². The number of rotatable bonds is 3. The molecule has 0 aromatic carbocycles. The molecule has 0 bridgehead atoms. The van der Waals surface area contributed by atoms with Crippen LogP contribution in [0.5, 0.6) is 0 Å². The third kappa shape index (κ3) is 2.39. The summed E-state index contributed by atoms with van der Waals surface area (Å²) < 4.78 is 1.46. The van der Waals surface area contributed by atoms with Crippen molar-refractivity contribution < 1.29 is 9.59 Å². The molecule has 0 spiro atoms. The van der Waals surface area contributed by atoms with Crippen LogP contribution in [0.3, 0.4) is 0 Å². The molecule has 0 radical (unpaired) electrons. The first kappa shape index (κ1) is 11.5. The number of nitrogens with one attached hydrogen (secondary N) is 1. The summed E-state index contributed by atoms with van der Waals surface area (Å²) in [6.45, 7) is 1.46. The van der Waals surface area contributed by atoms with Crippen LogP contribution >= 0.6 is 11.3 Å². The Morgan fingerprint density at radius 2 is 2.24 bits per heavy atom. The molecule has 0 aliphatic carbocycles. The van der Waals surface area contributed by atoms with Crippen molar-refractivity contribution >= 4 is 29.0 Å². The first-order valence-electron chi connectivity index (χ1n) is 4.82. The molecule has 0 unspecified atom stereocenters. The fraction of sp³-hybridized carbons (Fsp3) is 0.200. The molecule has 17 heavy (non-hydrogen) atoms. The van der Waals surface area contributed by atoms with Crippen molar-refractivity contribution in [2.24, 2.45) is 7.05 Å². The molecule has 2 rings (SSSR count). The van der Waals surface area contributed by atoms with Gasteiger partial charge in [-0.15, -0.1) is 11.3 Å². The van der Waals surface area contributed by atoms with Crippen molar-refractivity contribution in [1.82, 2.24) is 14.8 Å². The van der Waals surface area contributed by atoms with Gasteiger partial charge in [-0.05, 0) is 13.0 Å². The second kappa shape index (κ2) is 4.46. The van der Waals surface area contributed by atoms with Crippen molar-refractivity contribution in [3.8, 4) is 0 Å². The van der Waals surface area contributed by atoms with Gasteiger partial charge in [0.05, 0.1) is 4.88 Å². The summed E-state index contributed by atoms with van der Waals surface area (Å²) in [5.41, 5.74) is 0.540. The minimum absolute atomic E-state index is 0.0565. The highest BCUT2D eigenvalue weighted by molar-refractivity contribution is 7.12. The molecule has 0 atom stereocenters. The number of amides is 1. The lowest BCUT2D eigenvalue weighted by molar-refractivity contribution is 0.101. The molecule has 0 aliphatic rings. The standard InChI is InChI=1S/C10H10N4O2S/c1-6(15)7-3-8(17-4-7)9(16)13-10-11-5-12-14(10)2/h3-5H,1-2H3,(H,11,12,13,16). The number of carbonyl (C=O) groups excluding carboxylic acids is 2. The molecule has 1 N–H and O–H groups in total. The van der Waals surface area contributed by atoms with Gasteiger partial charge in [-0.1, -0.05) is 0 Å². The van der Waals surface area contributed by atoms with E-state index in [1.807, 2.05) is 0 Å². The summed E-state index contributed by atoms with van der Waals surface area (Å²) in [6, 6.07) is 1.57. The zero-order valence-corrected chi connectivity index (χ0v) is 10.1. The van der Waals surface area contributed by atoms with Gasteiger partial charge in [-0.2, -0.15) is 10.1 Å². The summed E-state index contributed by atoms with van der Waals surface area (Å²) in [7, 11) is 1.68. The molecule has 0 saturated heterocycles. The number of hydrogen-bond donors (Lipinski definition) is 1. The minimum Gasteiger partial charge on any atom is -0.294 e. The lowest BCUT2D eigenvalue weighted by Crippen LogP contribution is -2.14. The second-order valence-electron chi connectivity index (χ2n) is 3.42. The van der Waals surface area contributed by atoms with E-state index in [-0.39, 0.29) is 11.7 Å². The van der Waals surface area contributed by atoms with E-state index in [1.165, 1.54) is 29.3 Å². The monoisotopic (exact) mass is 250 g/mol. The zero-order chi connectivity index (χ0) is 12.4. The summed E-state index contributed by atoms with van der Waals surface area (Å²) in [6.07, 6.45) is 1.35. The Kier molecular flexibility index (Phi) is 3.01. The number of aromatic nitrogens is 3. The number of Topliss-reactive ketones (excluding diaryl/α,β-unsaturated/α-hetero) is 1. The van der Waals surface area contributed by atoms with E-state index in [0.717, 1.165) is 0 Å². The first-order chi connectivity index (χ1) is 8.08. The highest BCUT2D eigenvalue weighted by Crippen LogP contribution is 2.16.